The topological polar surface area (TPSA) is 68.1 Å². The first-order valence-electron chi connectivity index (χ1n) is 8.34. The van der Waals surface area contributed by atoms with E-state index in [0.717, 1.165) is 13.1 Å². The summed E-state index contributed by atoms with van der Waals surface area (Å²) in [6.45, 7) is 2.31. The highest BCUT2D eigenvalue weighted by Gasteiger charge is 2.28. The molecule has 5 nitrogen and oxygen atoms in total. The largest absolute Gasteiger partial charge is 0.506 e. The molecule has 0 aliphatic rings. The Labute approximate surface area is 163 Å². The number of rotatable bonds is 6. The summed E-state index contributed by atoms with van der Waals surface area (Å²) in [5, 5.41) is 10.4. The number of aliphatic hydroxyl groups excluding tert-OH is 1. The maximum atomic E-state index is 14.2. The van der Waals surface area contributed by atoms with Gasteiger partial charge in [0.25, 0.3) is 0 Å². The van der Waals surface area contributed by atoms with Gasteiger partial charge in [-0.3, -0.25) is 4.99 Å². The average molecular weight is 411 g/mol. The molecular formula is C20H17F4NO4. The lowest BCUT2D eigenvalue weighted by atomic mass is 10.0. The number of carbonyl (C=O) groups is 1. The van der Waals surface area contributed by atoms with Crippen molar-refractivity contribution < 1.29 is 36.9 Å². The van der Waals surface area contributed by atoms with Crippen LogP contribution in [0.2, 0.25) is 0 Å². The van der Waals surface area contributed by atoms with Crippen LogP contribution in [0.3, 0.4) is 0 Å². The second-order valence-electron chi connectivity index (χ2n) is 5.69. The van der Waals surface area contributed by atoms with Crippen LogP contribution in [0, 0.1) is 30.2 Å². The zero-order valence-electron chi connectivity index (χ0n) is 15.7. The summed E-state index contributed by atoms with van der Waals surface area (Å²) < 4.78 is 64.9. The normalized spacial score (nSPS) is 12.1. The highest BCUT2D eigenvalue weighted by Crippen LogP contribution is 2.30. The Morgan fingerprint density at radius 2 is 1.66 bits per heavy atom. The van der Waals surface area contributed by atoms with E-state index in [1.807, 2.05) is 0 Å². The Kier molecular flexibility index (Phi) is 6.98. The highest BCUT2D eigenvalue weighted by atomic mass is 19.2. The van der Waals surface area contributed by atoms with Crippen LogP contribution in [0.5, 0.6) is 5.75 Å². The summed E-state index contributed by atoms with van der Waals surface area (Å²) in [5.74, 6) is -9.41. The van der Waals surface area contributed by atoms with Gasteiger partial charge >= 0.3 is 5.97 Å². The van der Waals surface area contributed by atoms with Crippen molar-refractivity contribution in [1.29, 1.82) is 0 Å². The SMILES string of the molecule is CCOC(=O)C(C=Nc1ccc(OC)cc1)=C(O)c1c(C)c(F)c(F)c(F)c1F. The molecule has 0 unspecified atom stereocenters. The van der Waals surface area contributed by atoms with E-state index in [-0.39, 0.29) is 6.61 Å². The summed E-state index contributed by atoms with van der Waals surface area (Å²) >= 11 is 0. The molecule has 2 aromatic rings. The third-order valence-electron chi connectivity index (χ3n) is 3.90. The van der Waals surface area contributed by atoms with E-state index in [2.05, 4.69) is 4.99 Å². The van der Waals surface area contributed by atoms with Crippen molar-refractivity contribution in [3.63, 3.8) is 0 Å². The molecule has 1 N–H and O–H groups in total. The molecule has 0 aliphatic heterocycles. The van der Waals surface area contributed by atoms with Gasteiger partial charge in [0.05, 0.1) is 25.0 Å². The second kappa shape index (κ2) is 9.22. The number of ether oxygens (including phenoxy) is 2. The third kappa shape index (κ3) is 4.56. The Bertz CT molecular complexity index is 956. The molecule has 0 saturated carbocycles. The van der Waals surface area contributed by atoms with Crippen LogP contribution in [0.25, 0.3) is 5.76 Å². The maximum absolute atomic E-state index is 14.2. The van der Waals surface area contributed by atoms with Gasteiger partial charge in [0.1, 0.15) is 17.1 Å². The average Bonchev–Trinajstić information content (AvgIpc) is 2.71. The molecule has 0 radical (unpaired) electrons. The number of nitrogens with zero attached hydrogens (tertiary/aromatic N) is 1. The number of aliphatic imine (C=N–C) groups is 1. The van der Waals surface area contributed by atoms with Crippen LogP contribution < -0.4 is 4.74 Å². The Hall–Kier alpha value is -3.36. The van der Waals surface area contributed by atoms with Gasteiger partial charge in [-0.1, -0.05) is 0 Å². The fourth-order valence-corrected chi connectivity index (χ4v) is 2.38. The van der Waals surface area contributed by atoms with E-state index in [1.165, 1.54) is 26.2 Å². The minimum atomic E-state index is -2.12. The van der Waals surface area contributed by atoms with Gasteiger partial charge in [-0.2, -0.15) is 0 Å². The van der Waals surface area contributed by atoms with Crippen molar-refractivity contribution in [3.05, 3.63) is 64.2 Å². The molecule has 0 atom stereocenters. The number of hydrogen-bond acceptors (Lipinski definition) is 5. The predicted molar refractivity (Wildman–Crippen MR) is 98.3 cm³/mol. The molecular weight excluding hydrogens is 394 g/mol. The lowest BCUT2D eigenvalue weighted by molar-refractivity contribution is -0.137. The summed E-state index contributed by atoms with van der Waals surface area (Å²) in [5.41, 5.74) is -2.08. The summed E-state index contributed by atoms with van der Waals surface area (Å²) in [7, 11) is 1.47. The molecule has 0 aliphatic carbocycles. The number of halogens is 4. The molecule has 0 spiro atoms. The van der Waals surface area contributed by atoms with E-state index in [0.29, 0.717) is 11.4 Å². The predicted octanol–water partition coefficient (Wildman–Crippen LogP) is 4.79. The van der Waals surface area contributed by atoms with E-state index in [9.17, 15) is 27.5 Å². The minimum absolute atomic E-state index is 0.0976. The first-order chi connectivity index (χ1) is 13.7. The van der Waals surface area contributed by atoms with E-state index >= 15 is 0 Å². The van der Waals surface area contributed by atoms with Gasteiger partial charge in [0, 0.05) is 11.8 Å². The van der Waals surface area contributed by atoms with Gasteiger partial charge in [-0.15, -0.1) is 0 Å². The molecule has 0 aromatic heterocycles. The minimum Gasteiger partial charge on any atom is -0.506 e. The van der Waals surface area contributed by atoms with Gasteiger partial charge < -0.3 is 14.6 Å². The molecule has 0 saturated heterocycles. The fraction of sp³-hybridized carbons (Fsp3) is 0.200. The molecule has 154 valence electrons. The number of esters is 1. The molecule has 0 heterocycles. The van der Waals surface area contributed by atoms with Crippen molar-refractivity contribution >= 4 is 23.6 Å². The van der Waals surface area contributed by atoms with E-state index in [1.54, 1.807) is 12.1 Å². The number of aliphatic hydroxyl groups is 1. The van der Waals surface area contributed by atoms with Crippen LogP contribution in [0.1, 0.15) is 18.1 Å². The van der Waals surface area contributed by atoms with Gasteiger partial charge in [0.2, 0.25) is 0 Å². The Morgan fingerprint density at radius 1 is 1.07 bits per heavy atom. The van der Waals surface area contributed by atoms with Gasteiger partial charge in [0.15, 0.2) is 23.3 Å². The highest BCUT2D eigenvalue weighted by molar-refractivity contribution is 6.15. The van der Waals surface area contributed by atoms with Crippen molar-refractivity contribution in [2.24, 2.45) is 4.99 Å². The quantitative estimate of drug-likeness (QED) is 0.141. The first kappa shape index (κ1) is 21.9. The first-order valence-corrected chi connectivity index (χ1v) is 8.34. The fourth-order valence-electron chi connectivity index (χ4n) is 2.38. The zero-order chi connectivity index (χ0) is 21.7. The molecule has 0 fully saturated rings. The van der Waals surface area contributed by atoms with Crippen molar-refractivity contribution in [3.8, 4) is 5.75 Å². The number of methoxy groups -OCH3 is 1. The van der Waals surface area contributed by atoms with Crippen molar-refractivity contribution in [1.82, 2.24) is 0 Å². The standard InChI is InChI=1S/C20H17F4NO4/c1-4-29-20(27)13(9-25-11-5-7-12(28-3)8-6-11)19(26)14-10(2)15(21)17(23)18(24)16(14)22/h5-9,26H,4H2,1-3H3. The third-order valence-corrected chi connectivity index (χ3v) is 3.90. The molecule has 0 bridgehead atoms. The second-order valence-corrected chi connectivity index (χ2v) is 5.69. The molecule has 2 aromatic carbocycles. The van der Waals surface area contributed by atoms with E-state index in [4.69, 9.17) is 9.47 Å². The molecule has 9 heteroatoms. The molecule has 0 amide bonds. The smallest absolute Gasteiger partial charge is 0.343 e. The Morgan fingerprint density at radius 3 is 2.21 bits per heavy atom. The number of hydrogen-bond donors (Lipinski definition) is 1. The van der Waals surface area contributed by atoms with Gasteiger partial charge in [-0.25, -0.2) is 22.4 Å². The van der Waals surface area contributed by atoms with Crippen molar-refractivity contribution in [2.45, 2.75) is 13.8 Å². The Balaban J connectivity index is 2.63. The maximum Gasteiger partial charge on any atom is 0.343 e. The lowest BCUT2D eigenvalue weighted by Gasteiger charge is -2.12. The number of carbonyl (C=O) groups excluding carboxylic acids is 1. The summed E-state index contributed by atoms with van der Waals surface area (Å²) in [6, 6.07) is 6.21. The van der Waals surface area contributed by atoms with E-state index < -0.39 is 51.7 Å². The van der Waals surface area contributed by atoms with Crippen LogP contribution in [-0.2, 0) is 9.53 Å². The van der Waals surface area contributed by atoms with Gasteiger partial charge in [-0.05, 0) is 38.1 Å². The van der Waals surface area contributed by atoms with Crippen LogP contribution >= 0.6 is 0 Å². The summed E-state index contributed by atoms with van der Waals surface area (Å²) in [4.78, 5) is 16.2. The van der Waals surface area contributed by atoms with Crippen LogP contribution in [0.4, 0.5) is 23.2 Å². The monoisotopic (exact) mass is 411 g/mol. The van der Waals surface area contributed by atoms with Crippen LogP contribution in [0.15, 0.2) is 34.8 Å². The number of benzene rings is 2. The molecule has 2 rings (SSSR count). The van der Waals surface area contributed by atoms with Crippen molar-refractivity contribution in [2.75, 3.05) is 13.7 Å². The zero-order valence-corrected chi connectivity index (χ0v) is 15.7. The summed E-state index contributed by atoms with van der Waals surface area (Å²) in [6.07, 6.45) is 0.854. The van der Waals surface area contributed by atoms with Crippen LogP contribution in [-0.4, -0.2) is 31.0 Å². The lowest BCUT2D eigenvalue weighted by Crippen LogP contribution is -2.14. The molecule has 29 heavy (non-hydrogen) atoms.